The first-order chi connectivity index (χ1) is 24.8. The molecule has 0 aliphatic heterocycles. The van der Waals surface area contributed by atoms with E-state index in [4.69, 9.17) is 0 Å². The lowest BCUT2D eigenvalue weighted by Crippen LogP contribution is -2.12. The Hall–Kier alpha value is -5.94. The number of anilines is 6. The highest BCUT2D eigenvalue weighted by molar-refractivity contribution is 7.18. The maximum absolute atomic E-state index is 2.33. The fourth-order valence-corrected chi connectivity index (χ4v) is 8.72. The summed E-state index contributed by atoms with van der Waals surface area (Å²) < 4.78 is 2.63. The first kappa shape index (κ1) is 30.1. The maximum atomic E-state index is 2.33. The van der Waals surface area contributed by atoms with Crippen molar-refractivity contribution < 1.29 is 0 Å². The molecule has 0 unspecified atom stereocenters. The minimum atomic E-state index is 1.10. The van der Waals surface area contributed by atoms with Crippen LogP contribution in [-0.4, -0.2) is 0 Å². The van der Waals surface area contributed by atoms with Gasteiger partial charge in [-0.15, -0.1) is 22.7 Å². The summed E-state index contributed by atoms with van der Waals surface area (Å²) in [7, 11) is 0. The Morgan fingerprint density at radius 3 is 0.960 bits per heavy atom. The van der Waals surface area contributed by atoms with Crippen LogP contribution in [0.5, 0.6) is 0 Å². The van der Waals surface area contributed by atoms with Crippen LogP contribution in [0.4, 0.5) is 34.1 Å². The fourth-order valence-electron chi connectivity index (χ4n) is 6.78. The third-order valence-corrected chi connectivity index (χ3v) is 11.2. The van der Waals surface area contributed by atoms with Gasteiger partial charge in [-0.05, 0) is 107 Å². The first-order valence-electron chi connectivity index (χ1n) is 16.7. The summed E-state index contributed by atoms with van der Waals surface area (Å²) in [5, 5.41) is 7.14. The molecular weight excluding hydrogens is 645 g/mol. The quantitative estimate of drug-likeness (QED) is 0.158. The minimum absolute atomic E-state index is 1.10. The molecule has 0 spiro atoms. The second-order valence-electron chi connectivity index (χ2n) is 12.2. The van der Waals surface area contributed by atoms with Crippen molar-refractivity contribution >= 4 is 77.0 Å². The lowest BCUT2D eigenvalue weighted by Gasteiger charge is -2.28. The fraction of sp³-hybridized carbons (Fsp3) is 0. The lowest BCUT2D eigenvalue weighted by molar-refractivity contribution is 1.26. The summed E-state index contributed by atoms with van der Waals surface area (Å²) in [5.74, 6) is 0. The Kier molecular flexibility index (Phi) is 7.94. The smallest absolute Gasteiger partial charge is 0.0463 e. The van der Waals surface area contributed by atoms with Gasteiger partial charge < -0.3 is 9.80 Å². The number of thiophene rings is 2. The summed E-state index contributed by atoms with van der Waals surface area (Å²) in [6.45, 7) is 0. The van der Waals surface area contributed by atoms with E-state index in [1.807, 2.05) is 0 Å². The van der Waals surface area contributed by atoms with Crippen LogP contribution in [0.2, 0.25) is 0 Å². The van der Waals surface area contributed by atoms with Crippen LogP contribution < -0.4 is 9.80 Å². The average Bonchev–Trinajstić information content (AvgIpc) is 3.82. The molecule has 0 aliphatic rings. The van der Waals surface area contributed by atoms with E-state index in [0.717, 1.165) is 34.1 Å². The predicted molar refractivity (Wildman–Crippen MR) is 217 cm³/mol. The standard InChI is InChI=1S/C46H32N2S2/c1-3-11-35(12-4-1)47(37-23-19-33(20-24-37)43-31-49-45-17-9-7-15-41(43)45)39-27-29-40(30-28-39)48(36-13-5-2-6-14-36)38-25-21-34(22-26-38)44-32-50-46-18-10-8-16-42(44)46/h1-32H. The van der Waals surface area contributed by atoms with Gasteiger partial charge in [0.05, 0.1) is 0 Å². The summed E-state index contributed by atoms with van der Waals surface area (Å²) in [5.41, 5.74) is 11.7. The molecule has 2 aromatic heterocycles. The Morgan fingerprint density at radius 1 is 0.280 bits per heavy atom. The molecule has 238 valence electrons. The van der Waals surface area contributed by atoms with Crippen molar-refractivity contribution in [1.82, 2.24) is 0 Å². The zero-order valence-corrected chi connectivity index (χ0v) is 28.8. The number of benzene rings is 7. The molecule has 2 heterocycles. The molecule has 0 bridgehead atoms. The van der Waals surface area contributed by atoms with Gasteiger partial charge in [0.25, 0.3) is 0 Å². The van der Waals surface area contributed by atoms with Crippen LogP contribution >= 0.6 is 22.7 Å². The predicted octanol–water partition coefficient (Wildman–Crippen LogP) is 14.4. The van der Waals surface area contributed by atoms with Crippen LogP contribution in [-0.2, 0) is 0 Å². The second-order valence-corrected chi connectivity index (χ2v) is 14.1. The van der Waals surface area contributed by atoms with Gasteiger partial charge in [-0.25, -0.2) is 0 Å². The molecule has 2 nitrogen and oxygen atoms in total. The Balaban J connectivity index is 1.07. The molecule has 0 atom stereocenters. The van der Waals surface area contributed by atoms with Gasteiger partial charge in [0.2, 0.25) is 0 Å². The summed E-state index contributed by atoms with van der Waals surface area (Å²) in [4.78, 5) is 4.65. The van der Waals surface area contributed by atoms with E-state index in [1.165, 1.54) is 42.4 Å². The van der Waals surface area contributed by atoms with E-state index in [0.29, 0.717) is 0 Å². The third kappa shape index (κ3) is 5.65. The van der Waals surface area contributed by atoms with E-state index in [9.17, 15) is 0 Å². The molecule has 0 aliphatic carbocycles. The summed E-state index contributed by atoms with van der Waals surface area (Å²) >= 11 is 3.60. The van der Waals surface area contributed by atoms with Crippen molar-refractivity contribution in [2.75, 3.05) is 9.80 Å². The molecule has 0 saturated heterocycles. The van der Waals surface area contributed by atoms with Gasteiger partial charge in [-0.3, -0.25) is 0 Å². The van der Waals surface area contributed by atoms with Crippen molar-refractivity contribution in [1.29, 1.82) is 0 Å². The molecule has 0 fully saturated rings. The second kappa shape index (κ2) is 13.2. The number of para-hydroxylation sites is 2. The molecule has 9 rings (SSSR count). The number of nitrogens with zero attached hydrogens (tertiary/aromatic N) is 2. The largest absolute Gasteiger partial charge is 0.311 e. The van der Waals surface area contributed by atoms with E-state index in [2.05, 4.69) is 203 Å². The first-order valence-corrected chi connectivity index (χ1v) is 18.5. The molecule has 4 heteroatoms. The Morgan fingerprint density at radius 2 is 0.580 bits per heavy atom. The zero-order valence-electron chi connectivity index (χ0n) is 27.2. The molecule has 9 aromatic rings. The van der Waals surface area contributed by atoms with Crippen LogP contribution in [0.1, 0.15) is 0 Å². The van der Waals surface area contributed by atoms with E-state index < -0.39 is 0 Å². The van der Waals surface area contributed by atoms with Gasteiger partial charge in [-0.1, -0.05) is 97.1 Å². The number of rotatable bonds is 8. The molecular formula is C46H32N2S2. The highest BCUT2D eigenvalue weighted by Crippen LogP contribution is 2.41. The normalized spacial score (nSPS) is 11.2. The highest BCUT2D eigenvalue weighted by Gasteiger charge is 2.17. The zero-order chi connectivity index (χ0) is 33.3. The highest BCUT2D eigenvalue weighted by atomic mass is 32.1. The van der Waals surface area contributed by atoms with Crippen molar-refractivity contribution in [2.24, 2.45) is 0 Å². The van der Waals surface area contributed by atoms with Gasteiger partial charge >= 0.3 is 0 Å². The summed E-state index contributed by atoms with van der Waals surface area (Å²) in [6.07, 6.45) is 0. The van der Waals surface area contributed by atoms with Crippen molar-refractivity contribution in [3.8, 4) is 22.3 Å². The SMILES string of the molecule is c1ccc(N(c2ccc(-c3csc4ccccc34)cc2)c2ccc(N(c3ccccc3)c3ccc(-c4csc5ccccc45)cc3)cc2)cc1. The van der Waals surface area contributed by atoms with E-state index >= 15 is 0 Å². The Labute approximate surface area is 300 Å². The van der Waals surface area contributed by atoms with E-state index in [1.54, 1.807) is 22.7 Å². The molecule has 50 heavy (non-hydrogen) atoms. The van der Waals surface area contributed by atoms with E-state index in [-0.39, 0.29) is 0 Å². The number of fused-ring (bicyclic) bond motifs is 2. The molecule has 0 N–H and O–H groups in total. The Bertz CT molecular complexity index is 2340. The van der Waals surface area contributed by atoms with Crippen LogP contribution in [0.25, 0.3) is 42.4 Å². The van der Waals surface area contributed by atoms with Crippen LogP contribution in [0.15, 0.2) is 193 Å². The van der Waals surface area contributed by atoms with Crippen molar-refractivity contribution in [2.45, 2.75) is 0 Å². The molecule has 0 saturated carbocycles. The average molecular weight is 677 g/mol. The third-order valence-electron chi connectivity index (χ3n) is 9.23. The van der Waals surface area contributed by atoms with Crippen molar-refractivity contribution in [3.63, 3.8) is 0 Å². The monoisotopic (exact) mass is 676 g/mol. The van der Waals surface area contributed by atoms with Gasteiger partial charge in [0.1, 0.15) is 0 Å². The summed E-state index contributed by atoms with van der Waals surface area (Å²) in [6, 6.07) is 65.3. The maximum Gasteiger partial charge on any atom is 0.0463 e. The van der Waals surface area contributed by atoms with Crippen LogP contribution in [0, 0.1) is 0 Å². The lowest BCUT2D eigenvalue weighted by atomic mass is 10.0. The van der Waals surface area contributed by atoms with Gasteiger partial charge in [0, 0.05) is 65.4 Å². The minimum Gasteiger partial charge on any atom is -0.311 e. The van der Waals surface area contributed by atoms with Gasteiger partial charge in [-0.2, -0.15) is 0 Å². The molecule has 0 radical (unpaired) electrons. The number of hydrogen-bond donors (Lipinski definition) is 0. The topological polar surface area (TPSA) is 6.48 Å². The van der Waals surface area contributed by atoms with Gasteiger partial charge in [0.15, 0.2) is 0 Å². The number of hydrogen-bond acceptors (Lipinski definition) is 4. The molecule has 0 amide bonds. The van der Waals surface area contributed by atoms with Crippen molar-refractivity contribution in [3.05, 3.63) is 193 Å². The molecule has 7 aromatic carbocycles. The van der Waals surface area contributed by atoms with Crippen LogP contribution in [0.3, 0.4) is 0 Å².